The van der Waals surface area contributed by atoms with Gasteiger partial charge in [-0.05, 0) is 47.0 Å². The Morgan fingerprint density at radius 1 is 0.700 bits per heavy atom. The molecule has 6 rings (SSSR count). The number of para-hydroxylation sites is 1. The minimum absolute atomic E-state index is 0.661. The van der Waals surface area contributed by atoms with Crippen molar-refractivity contribution in [2.24, 2.45) is 0 Å². The van der Waals surface area contributed by atoms with Gasteiger partial charge in [-0.1, -0.05) is 78.9 Å². The second kappa shape index (κ2) is 6.36. The first-order valence-corrected chi connectivity index (χ1v) is 10.3. The van der Waals surface area contributed by atoms with E-state index in [0.717, 1.165) is 11.3 Å². The smallest absolute Gasteiger partial charge is 0.229 e. The molecule has 0 amide bonds. The van der Waals surface area contributed by atoms with Crippen molar-refractivity contribution in [3.05, 3.63) is 114 Å². The van der Waals surface area contributed by atoms with Gasteiger partial charge in [0.25, 0.3) is 0 Å². The largest absolute Gasteiger partial charge is 0.459 e. The Morgan fingerprint density at radius 2 is 1.43 bits per heavy atom. The topological polar surface area (TPSA) is 12.5 Å². The quantitative estimate of drug-likeness (QED) is 0.359. The Bertz CT molecular complexity index is 1290. The van der Waals surface area contributed by atoms with Crippen LogP contribution >= 0.6 is 0 Å². The molecule has 0 N–H and O–H groups in total. The van der Waals surface area contributed by atoms with Crippen LogP contribution in [-0.2, 0) is 5.72 Å². The summed E-state index contributed by atoms with van der Waals surface area (Å²) in [5.41, 5.74) is 7.65. The third-order valence-electron chi connectivity index (χ3n) is 6.24. The van der Waals surface area contributed by atoms with Crippen molar-refractivity contribution >= 4 is 11.8 Å². The molecule has 0 saturated carbocycles. The maximum absolute atomic E-state index is 6.79. The number of anilines is 1. The predicted molar refractivity (Wildman–Crippen MR) is 123 cm³/mol. The first-order valence-electron chi connectivity index (χ1n) is 10.3. The Hall–Kier alpha value is -3.78. The number of nitrogens with zero attached hydrogens (tertiary/aromatic N) is 1. The van der Waals surface area contributed by atoms with Gasteiger partial charge in [-0.25, -0.2) is 0 Å². The lowest BCUT2D eigenvalue weighted by molar-refractivity contribution is 0.116. The van der Waals surface area contributed by atoms with E-state index >= 15 is 0 Å². The fourth-order valence-corrected chi connectivity index (χ4v) is 4.70. The van der Waals surface area contributed by atoms with E-state index in [1.54, 1.807) is 0 Å². The summed E-state index contributed by atoms with van der Waals surface area (Å²) in [6, 6.07) is 34.0. The second-order valence-electron chi connectivity index (χ2n) is 7.87. The van der Waals surface area contributed by atoms with E-state index in [1.165, 1.54) is 33.5 Å². The summed E-state index contributed by atoms with van der Waals surface area (Å²) in [4.78, 5) is 2.25. The average molecular weight is 387 g/mol. The van der Waals surface area contributed by atoms with E-state index in [-0.39, 0.29) is 0 Å². The highest BCUT2D eigenvalue weighted by Crippen LogP contribution is 2.50. The molecule has 1 unspecified atom stereocenters. The van der Waals surface area contributed by atoms with E-state index in [4.69, 9.17) is 4.74 Å². The maximum atomic E-state index is 6.79. The molecule has 2 aliphatic rings. The third-order valence-corrected chi connectivity index (χ3v) is 6.24. The zero-order chi connectivity index (χ0) is 20.1. The summed E-state index contributed by atoms with van der Waals surface area (Å²) < 4.78 is 6.79. The molecular weight excluding hydrogens is 366 g/mol. The maximum Gasteiger partial charge on any atom is 0.229 e. The summed E-state index contributed by atoms with van der Waals surface area (Å²) in [5, 5.41) is 0. The fourth-order valence-electron chi connectivity index (χ4n) is 4.70. The van der Waals surface area contributed by atoms with Crippen molar-refractivity contribution in [1.29, 1.82) is 0 Å². The molecule has 1 atom stereocenters. The van der Waals surface area contributed by atoms with Gasteiger partial charge >= 0.3 is 0 Å². The molecule has 2 nitrogen and oxygen atoms in total. The van der Waals surface area contributed by atoms with Crippen LogP contribution in [0.3, 0.4) is 0 Å². The van der Waals surface area contributed by atoms with Crippen LogP contribution in [0.1, 0.15) is 11.1 Å². The van der Waals surface area contributed by atoms with Crippen LogP contribution in [0.5, 0.6) is 5.75 Å². The number of fused-ring (bicyclic) bond motifs is 5. The molecule has 144 valence electrons. The average Bonchev–Trinajstić information content (AvgIpc) is 2.83. The number of likely N-dealkylation sites (N-methyl/N-ethyl adjacent to an activating group) is 1. The van der Waals surface area contributed by atoms with Crippen molar-refractivity contribution in [3.63, 3.8) is 0 Å². The second-order valence-corrected chi connectivity index (χ2v) is 7.87. The number of hydrogen-bond donors (Lipinski definition) is 0. The van der Waals surface area contributed by atoms with E-state index in [2.05, 4.69) is 115 Å². The van der Waals surface area contributed by atoms with Crippen molar-refractivity contribution in [2.75, 3.05) is 11.9 Å². The molecule has 2 heterocycles. The van der Waals surface area contributed by atoms with Crippen LogP contribution in [0.25, 0.3) is 28.3 Å². The molecule has 2 heteroatoms. The summed E-state index contributed by atoms with van der Waals surface area (Å²) in [7, 11) is 2.11. The third kappa shape index (κ3) is 2.37. The minimum Gasteiger partial charge on any atom is -0.459 e. The molecule has 0 bridgehead atoms. The van der Waals surface area contributed by atoms with Crippen LogP contribution < -0.4 is 9.64 Å². The lowest BCUT2D eigenvalue weighted by Gasteiger charge is -2.47. The fraction of sp³-hybridized carbons (Fsp3) is 0.0714. The van der Waals surface area contributed by atoms with Gasteiger partial charge in [0.1, 0.15) is 5.75 Å². The Kier molecular flexibility index (Phi) is 3.63. The molecule has 30 heavy (non-hydrogen) atoms. The van der Waals surface area contributed by atoms with Crippen LogP contribution in [0.4, 0.5) is 5.69 Å². The van der Waals surface area contributed by atoms with Crippen molar-refractivity contribution in [1.82, 2.24) is 0 Å². The molecule has 0 fully saturated rings. The summed E-state index contributed by atoms with van der Waals surface area (Å²) in [5.74, 6) is 0.901. The van der Waals surface area contributed by atoms with E-state index < -0.39 is 5.72 Å². The molecular formula is C28H21NO. The van der Waals surface area contributed by atoms with Gasteiger partial charge in [-0.3, -0.25) is 0 Å². The molecule has 2 aliphatic heterocycles. The van der Waals surface area contributed by atoms with Crippen LogP contribution in [0.15, 0.2) is 103 Å². The highest BCUT2D eigenvalue weighted by Gasteiger charge is 2.44. The molecule has 0 radical (unpaired) electrons. The standard InChI is InChI=1S/C28H21NO/c1-29-26-14-8-6-12-24(26)23-11-5-7-13-25(23)28(29)18-17-22-19-21(15-16-27(22)30-28)20-9-3-2-4-10-20/h2-19H,1H3. The normalized spacial score (nSPS) is 18.4. The zero-order valence-corrected chi connectivity index (χ0v) is 16.7. The van der Waals surface area contributed by atoms with E-state index in [0.29, 0.717) is 0 Å². The van der Waals surface area contributed by atoms with E-state index in [1.807, 2.05) is 6.07 Å². The number of rotatable bonds is 1. The summed E-state index contributed by atoms with van der Waals surface area (Å²) >= 11 is 0. The van der Waals surface area contributed by atoms with Gasteiger partial charge in [0.2, 0.25) is 5.72 Å². The van der Waals surface area contributed by atoms with Crippen LogP contribution in [0.2, 0.25) is 0 Å². The highest BCUT2D eigenvalue weighted by atomic mass is 16.5. The van der Waals surface area contributed by atoms with Gasteiger partial charge in [0, 0.05) is 29.4 Å². The molecule has 4 aromatic carbocycles. The summed E-state index contributed by atoms with van der Waals surface area (Å²) in [6.45, 7) is 0. The lowest BCUT2D eigenvalue weighted by atomic mass is 9.84. The molecule has 1 spiro atoms. The molecule has 4 aromatic rings. The van der Waals surface area contributed by atoms with Crippen molar-refractivity contribution < 1.29 is 4.74 Å². The van der Waals surface area contributed by atoms with E-state index in [9.17, 15) is 0 Å². The monoisotopic (exact) mass is 387 g/mol. The van der Waals surface area contributed by atoms with Gasteiger partial charge in [-0.15, -0.1) is 0 Å². The van der Waals surface area contributed by atoms with Gasteiger partial charge < -0.3 is 9.64 Å². The number of benzene rings is 4. The molecule has 0 aromatic heterocycles. The Balaban J connectivity index is 1.50. The highest BCUT2D eigenvalue weighted by molar-refractivity contribution is 5.87. The SMILES string of the molecule is CN1c2ccccc2-c2ccccc2C12C=Cc1cc(-c3ccccc3)ccc1O2. The predicted octanol–water partition coefficient (Wildman–Crippen LogP) is 6.73. The van der Waals surface area contributed by atoms with Crippen LogP contribution in [-0.4, -0.2) is 7.05 Å². The number of ether oxygens (including phenoxy) is 1. The van der Waals surface area contributed by atoms with Gasteiger partial charge in [-0.2, -0.15) is 0 Å². The van der Waals surface area contributed by atoms with Gasteiger partial charge in [0.15, 0.2) is 0 Å². The Labute approximate surface area is 176 Å². The van der Waals surface area contributed by atoms with Crippen molar-refractivity contribution in [3.8, 4) is 28.0 Å². The minimum atomic E-state index is -0.661. The first-order chi connectivity index (χ1) is 14.8. The molecule has 0 saturated heterocycles. The van der Waals surface area contributed by atoms with Gasteiger partial charge in [0.05, 0.1) is 0 Å². The zero-order valence-electron chi connectivity index (χ0n) is 16.7. The van der Waals surface area contributed by atoms with Crippen molar-refractivity contribution in [2.45, 2.75) is 5.72 Å². The lowest BCUT2D eigenvalue weighted by Crippen LogP contribution is -2.50. The molecule has 0 aliphatic carbocycles. The van der Waals surface area contributed by atoms with Crippen LogP contribution in [0, 0.1) is 0 Å². The Morgan fingerprint density at radius 3 is 2.30 bits per heavy atom. The number of hydrogen-bond acceptors (Lipinski definition) is 2. The first kappa shape index (κ1) is 17.1. The summed E-state index contributed by atoms with van der Waals surface area (Å²) in [6.07, 6.45) is 4.39.